The van der Waals surface area contributed by atoms with Crippen LogP contribution in [0.15, 0.2) is 191 Å². The number of aryl methyl sites for hydroxylation is 1. The van der Waals surface area contributed by atoms with Crippen molar-refractivity contribution in [2.24, 2.45) is 29.6 Å². The van der Waals surface area contributed by atoms with Crippen molar-refractivity contribution in [3.63, 3.8) is 0 Å². The largest absolute Gasteiger partial charge is 0.329 e. The van der Waals surface area contributed by atoms with Crippen molar-refractivity contribution in [3.8, 4) is 0 Å². The monoisotopic (exact) mass is 1680 g/mol. The van der Waals surface area contributed by atoms with E-state index in [4.69, 9.17) is 0 Å². The van der Waals surface area contributed by atoms with Crippen LogP contribution in [0.4, 0.5) is 4.39 Å². The molecule has 116 heavy (non-hydrogen) atoms. The highest BCUT2D eigenvalue weighted by Crippen LogP contribution is 2.56. The third-order valence-electron chi connectivity index (χ3n) is 26.6. The highest BCUT2D eigenvalue weighted by molar-refractivity contribution is 7.90. The average molecular weight is 1680 g/mol. The number of nitrogens with zero attached hydrogens (tertiary/aromatic N) is 7. The number of rotatable bonds is 10. The van der Waals surface area contributed by atoms with E-state index in [2.05, 4.69) is 51.5 Å². The minimum absolute atomic E-state index is 0.00501. The Morgan fingerprint density at radius 3 is 1.25 bits per heavy atom. The van der Waals surface area contributed by atoms with Crippen molar-refractivity contribution in [1.29, 1.82) is 0 Å². The number of nitrogens with one attached hydrogen (secondary N) is 8. The molecule has 11 fully saturated rings. The third kappa shape index (κ3) is 13.7. The SMILES string of the molecule is CC1C2NCCC2CN1S(=O)(=O)c1cccc2c(=O)[nH]cc(F)c12.CC1C2NCCC2CN1S(=O)(=O)c1cccc2c(=O)[nH]ccc12.CC1C2NCCC2CN1S(=O)(=O)c1cccc2cnccc12.Cc1cncc2cccc(S(=O)(=O)N3CC4CCNC4C3C)c12.O=c1[nH]ccc2c(S(=O)(=O)N3CC4CCNC4C34CC4)cccc12. The molecule has 1 saturated carbocycles. The fourth-order valence-electron chi connectivity index (χ4n) is 20.8. The first-order valence-electron chi connectivity index (χ1n) is 40.0. The number of sulfonamides is 5. The summed E-state index contributed by atoms with van der Waals surface area (Å²) < 4.78 is 155. The molecular formula is C82H96FN15O13S5. The Labute approximate surface area is 673 Å². The first kappa shape index (κ1) is 80.3. The number of aromatic nitrogens is 5. The van der Waals surface area contributed by atoms with Gasteiger partial charge in [-0.15, -0.1) is 0 Å². The minimum Gasteiger partial charge on any atom is -0.329 e. The normalized spacial score (nSPS) is 28.4. The highest BCUT2D eigenvalue weighted by atomic mass is 32.2. The summed E-state index contributed by atoms with van der Waals surface area (Å²) in [4.78, 5) is 52.7. The fourth-order valence-corrected chi connectivity index (χ4v) is 30.6. The molecule has 10 saturated heterocycles. The van der Waals surface area contributed by atoms with Gasteiger partial charge in [0, 0.05) is 179 Å². The first-order chi connectivity index (χ1) is 55.5. The average Bonchev–Trinajstić information content (AvgIpc) is 1.53. The van der Waals surface area contributed by atoms with E-state index in [1.54, 1.807) is 121 Å². The molecule has 0 bridgehead atoms. The van der Waals surface area contributed by atoms with Gasteiger partial charge < -0.3 is 41.5 Å². The van der Waals surface area contributed by atoms with Gasteiger partial charge in [-0.3, -0.25) is 24.4 Å². The Morgan fingerprint density at radius 1 is 0.388 bits per heavy atom. The summed E-state index contributed by atoms with van der Waals surface area (Å²) in [5.74, 6) is 1.17. The Bertz CT molecular complexity index is 6330. The van der Waals surface area contributed by atoms with Gasteiger partial charge in [0.25, 0.3) is 16.7 Å². The molecule has 11 aliphatic rings. The molecule has 0 radical (unpaired) electrons. The number of hydrogen-bond acceptors (Lipinski definition) is 20. The predicted octanol–water partition coefficient (Wildman–Crippen LogP) is 6.50. The number of benzene rings is 5. The molecule has 21 rings (SSSR count). The summed E-state index contributed by atoms with van der Waals surface area (Å²) in [6, 6.07) is 30.9. The number of hydrogen-bond donors (Lipinski definition) is 8. The maximum Gasteiger partial charge on any atom is 0.256 e. The van der Waals surface area contributed by atoms with Gasteiger partial charge in [-0.25, -0.2) is 46.5 Å². The quantitative estimate of drug-likeness (QED) is 0.0724. The molecule has 8 N–H and O–H groups in total. The lowest BCUT2D eigenvalue weighted by atomic mass is 9.99. The molecule has 15 heterocycles. The molecule has 28 nitrogen and oxygen atoms in total. The van der Waals surface area contributed by atoms with E-state index in [9.17, 15) is 60.9 Å². The van der Waals surface area contributed by atoms with Gasteiger partial charge in [0.15, 0.2) is 0 Å². The summed E-state index contributed by atoms with van der Waals surface area (Å²) in [7, 11) is -18.2. The van der Waals surface area contributed by atoms with Crippen molar-refractivity contribution in [2.45, 2.75) is 164 Å². The van der Waals surface area contributed by atoms with E-state index in [-0.39, 0.29) is 102 Å². The molecule has 14 atom stereocenters. The molecule has 0 amide bonds. The third-order valence-corrected chi connectivity index (χ3v) is 36.7. The molecule has 14 unspecified atom stereocenters. The van der Waals surface area contributed by atoms with Crippen LogP contribution >= 0.6 is 0 Å². The smallest absolute Gasteiger partial charge is 0.256 e. The van der Waals surface area contributed by atoms with Crippen LogP contribution in [-0.2, 0) is 50.1 Å². The Morgan fingerprint density at radius 2 is 0.776 bits per heavy atom. The lowest BCUT2D eigenvalue weighted by Gasteiger charge is -2.27. The van der Waals surface area contributed by atoms with E-state index in [0.29, 0.717) is 87.7 Å². The van der Waals surface area contributed by atoms with Crippen molar-refractivity contribution in [1.82, 2.24) is 73.0 Å². The van der Waals surface area contributed by atoms with E-state index in [1.165, 1.54) is 34.9 Å². The standard InChI is InChI=1S/C17H19N3O3S.C17H21N3O2S.C16H18FN3O3S.C16H19N3O3S.C16H19N3O2S/c21-16-13-2-1-3-14(12(13)5-9-19-16)24(22,23)20-10-11-4-8-18-15(11)17(20)6-7-17;1-11-8-18-9-13-4-3-5-15(16(11)13)23(21,22)20-10-14-6-7-19-17(14)12(20)2;1-9-15-10(5-6-18-15)8-20(9)24(22,23)13-4-2-3-11-14(13)12(17)7-19-16(11)21;1-10-15-11(5-7-17-15)9-19(10)23(21,22)14-4-2-3-13-12(14)6-8-18-16(13)20;1-11-16-13(5-8-18-16)10-19(11)22(20,21)15-4-2-3-12-9-17-7-6-14(12)15/h1-3,5,9,11,15,18H,4,6-8,10H2,(H,19,21);3-5,8-9,12,14,17,19H,6-7,10H2,1-2H3;2-4,7,9-10,15,18H,5-6,8H2,1H3,(H,19,21);2-4,6,8,10-11,15,17H,5,7,9H2,1H3,(H,18,20);2-4,6-7,9,11,13,16,18H,5,8,10H2,1H3. The second kappa shape index (κ2) is 30.9. The van der Waals surface area contributed by atoms with Crippen LogP contribution in [-0.4, -0.2) is 214 Å². The Kier molecular flexibility index (Phi) is 21.4. The van der Waals surface area contributed by atoms with Gasteiger partial charge in [-0.1, -0.05) is 42.5 Å². The summed E-state index contributed by atoms with van der Waals surface area (Å²) in [6.07, 6.45) is 17.7. The first-order valence-corrected chi connectivity index (χ1v) is 47.2. The molecule has 614 valence electrons. The van der Waals surface area contributed by atoms with Crippen LogP contribution in [0.2, 0.25) is 0 Å². The minimum atomic E-state index is -3.90. The van der Waals surface area contributed by atoms with Crippen LogP contribution in [0.1, 0.15) is 78.2 Å². The number of aromatic amines is 3. The summed E-state index contributed by atoms with van der Waals surface area (Å²) in [5.41, 5.74) is -0.384. The molecule has 5 aromatic carbocycles. The molecule has 1 spiro atoms. The van der Waals surface area contributed by atoms with E-state index < -0.39 is 61.5 Å². The number of halogens is 1. The van der Waals surface area contributed by atoms with E-state index in [1.807, 2.05) is 46.8 Å². The van der Waals surface area contributed by atoms with Crippen molar-refractivity contribution in [2.75, 3.05) is 65.4 Å². The van der Waals surface area contributed by atoms with Crippen molar-refractivity contribution in [3.05, 3.63) is 195 Å². The Hall–Kier alpha value is -8.17. The van der Waals surface area contributed by atoms with Gasteiger partial charge in [0.2, 0.25) is 50.1 Å². The van der Waals surface area contributed by atoms with Crippen molar-refractivity contribution < 1.29 is 46.5 Å². The number of fused-ring (bicyclic) bond motifs is 11. The lowest BCUT2D eigenvalue weighted by molar-refractivity contribution is 0.333. The van der Waals surface area contributed by atoms with E-state index >= 15 is 0 Å². The topological polar surface area (TPSA) is 371 Å². The number of H-pyrrole nitrogens is 3. The maximum absolute atomic E-state index is 14.3. The highest BCUT2D eigenvalue weighted by Gasteiger charge is 2.66. The van der Waals surface area contributed by atoms with Crippen LogP contribution in [0.25, 0.3) is 53.9 Å². The van der Waals surface area contributed by atoms with Crippen LogP contribution < -0.4 is 43.3 Å². The van der Waals surface area contributed by atoms with Crippen LogP contribution in [0.3, 0.4) is 0 Å². The Balaban J connectivity index is 0.000000104. The maximum atomic E-state index is 14.3. The second-order valence-electron chi connectivity index (χ2n) is 32.9. The van der Waals surface area contributed by atoms with Gasteiger partial charge >= 0.3 is 0 Å². The molecule has 5 aromatic heterocycles. The second-order valence-corrected chi connectivity index (χ2v) is 42.1. The lowest BCUT2D eigenvalue weighted by Crippen LogP contribution is -2.46. The zero-order valence-corrected chi connectivity index (χ0v) is 69.0. The zero-order valence-electron chi connectivity index (χ0n) is 64.9. The molecular weight excluding hydrogens is 1580 g/mol. The van der Waals surface area contributed by atoms with Gasteiger partial charge in [-0.2, -0.15) is 21.5 Å². The predicted molar refractivity (Wildman–Crippen MR) is 441 cm³/mol. The zero-order chi connectivity index (χ0) is 81.3. The fraction of sp³-hybridized carbons (Fsp3) is 0.451. The van der Waals surface area contributed by atoms with Gasteiger partial charge in [-0.05, 0) is 214 Å². The molecule has 10 aromatic rings. The number of pyridine rings is 5. The van der Waals surface area contributed by atoms with Crippen LogP contribution in [0.5, 0.6) is 0 Å². The van der Waals surface area contributed by atoms with E-state index in [0.717, 1.165) is 111 Å². The molecule has 34 heteroatoms. The summed E-state index contributed by atoms with van der Waals surface area (Å²) in [5, 5.41) is 22.1. The van der Waals surface area contributed by atoms with Gasteiger partial charge in [0.1, 0.15) is 5.82 Å². The van der Waals surface area contributed by atoms with Gasteiger partial charge in [0.05, 0.1) is 35.4 Å². The van der Waals surface area contributed by atoms with Crippen LogP contribution in [0, 0.1) is 42.3 Å². The molecule has 10 aliphatic heterocycles. The molecule has 1 aliphatic carbocycles. The summed E-state index contributed by atoms with van der Waals surface area (Å²) >= 11 is 0. The summed E-state index contributed by atoms with van der Waals surface area (Å²) in [6.45, 7) is 17.4. The van der Waals surface area contributed by atoms with Crippen molar-refractivity contribution >= 4 is 104 Å².